The SMILES string of the molecule is COc1ccc(/C=C2\CCC[C@H]3C2=NN(C(=O)c2cc4nc(-c5ccc(C(C)C)cc5)cc(C(F)(F)F)n4n2)[C@H]3c2ccc(OC)cc2)cc1. The summed E-state index contributed by atoms with van der Waals surface area (Å²) in [5, 5.41) is 10.5. The number of allylic oxidation sites excluding steroid dienone is 1. The molecule has 1 aliphatic carbocycles. The van der Waals surface area contributed by atoms with Gasteiger partial charge in [-0.05, 0) is 83.9 Å². The highest BCUT2D eigenvalue weighted by atomic mass is 19.4. The third-order valence-corrected chi connectivity index (χ3v) is 9.43. The lowest BCUT2D eigenvalue weighted by Gasteiger charge is -2.29. The average molecular weight is 680 g/mol. The van der Waals surface area contributed by atoms with Crippen LogP contribution >= 0.6 is 0 Å². The number of hydrogen-bond acceptors (Lipinski definition) is 6. The number of methoxy groups -OCH3 is 2. The summed E-state index contributed by atoms with van der Waals surface area (Å²) in [6.07, 6.45) is -0.247. The maximum atomic E-state index is 14.5. The average Bonchev–Trinajstić information content (AvgIpc) is 3.74. The molecule has 1 fully saturated rings. The number of carbonyl (C=O) groups is 1. The number of alkyl halides is 3. The summed E-state index contributed by atoms with van der Waals surface area (Å²) in [4.78, 5) is 18.9. The number of amides is 1. The molecular formula is C39H36F3N5O3. The molecule has 0 saturated heterocycles. The van der Waals surface area contributed by atoms with Crippen LogP contribution in [0.3, 0.4) is 0 Å². The molecule has 3 aromatic carbocycles. The van der Waals surface area contributed by atoms with Crippen LogP contribution in [0.15, 0.2) is 95.6 Å². The van der Waals surface area contributed by atoms with Crippen LogP contribution < -0.4 is 9.47 Å². The monoisotopic (exact) mass is 679 g/mol. The minimum Gasteiger partial charge on any atom is -0.497 e. The van der Waals surface area contributed by atoms with Crippen molar-refractivity contribution in [2.75, 3.05) is 14.2 Å². The van der Waals surface area contributed by atoms with Gasteiger partial charge >= 0.3 is 6.18 Å². The summed E-state index contributed by atoms with van der Waals surface area (Å²) in [6.45, 7) is 4.09. The second-order valence-corrected chi connectivity index (χ2v) is 12.9. The van der Waals surface area contributed by atoms with E-state index in [-0.39, 0.29) is 28.9 Å². The van der Waals surface area contributed by atoms with E-state index in [0.717, 1.165) is 59.1 Å². The molecule has 0 spiro atoms. The lowest BCUT2D eigenvalue weighted by Crippen LogP contribution is -2.32. The van der Waals surface area contributed by atoms with Gasteiger partial charge in [0.15, 0.2) is 17.0 Å². The Morgan fingerprint density at radius 2 is 1.58 bits per heavy atom. The van der Waals surface area contributed by atoms with Gasteiger partial charge in [0.2, 0.25) is 0 Å². The molecule has 2 aromatic heterocycles. The number of benzene rings is 3. The van der Waals surface area contributed by atoms with E-state index in [0.29, 0.717) is 15.8 Å². The minimum absolute atomic E-state index is 0.0866. The molecule has 0 bridgehead atoms. The lowest BCUT2D eigenvalue weighted by molar-refractivity contribution is -0.142. The highest BCUT2D eigenvalue weighted by molar-refractivity contribution is 6.09. The van der Waals surface area contributed by atoms with E-state index in [4.69, 9.17) is 14.6 Å². The summed E-state index contributed by atoms with van der Waals surface area (Å²) in [5.74, 6) is 0.928. The topological polar surface area (TPSA) is 81.3 Å². The molecule has 50 heavy (non-hydrogen) atoms. The summed E-state index contributed by atoms with van der Waals surface area (Å²) < 4.78 is 54.8. The van der Waals surface area contributed by atoms with E-state index in [9.17, 15) is 18.0 Å². The molecule has 2 atom stereocenters. The number of nitrogens with zero attached hydrogens (tertiary/aromatic N) is 5. The van der Waals surface area contributed by atoms with Gasteiger partial charge in [0.05, 0.1) is 31.7 Å². The lowest BCUT2D eigenvalue weighted by atomic mass is 9.77. The van der Waals surface area contributed by atoms with Crippen LogP contribution in [-0.4, -0.2) is 45.4 Å². The highest BCUT2D eigenvalue weighted by Gasteiger charge is 2.45. The molecule has 2 aliphatic rings. The number of hydrogen-bond donors (Lipinski definition) is 0. The van der Waals surface area contributed by atoms with Crippen molar-refractivity contribution >= 4 is 23.3 Å². The fourth-order valence-corrected chi connectivity index (χ4v) is 6.79. The molecule has 1 saturated carbocycles. The van der Waals surface area contributed by atoms with Gasteiger partial charge in [-0.2, -0.15) is 23.4 Å². The zero-order chi connectivity index (χ0) is 35.2. The van der Waals surface area contributed by atoms with Gasteiger partial charge in [-0.25, -0.2) is 14.5 Å². The molecule has 0 N–H and O–H groups in total. The molecule has 1 amide bonds. The predicted molar refractivity (Wildman–Crippen MR) is 185 cm³/mol. The van der Waals surface area contributed by atoms with Gasteiger partial charge in [-0.1, -0.05) is 62.4 Å². The molecule has 5 aromatic rings. The van der Waals surface area contributed by atoms with Crippen molar-refractivity contribution in [3.63, 3.8) is 0 Å². The second kappa shape index (κ2) is 13.1. The number of fused-ring (bicyclic) bond motifs is 2. The number of hydrazone groups is 1. The first kappa shape index (κ1) is 33.1. The van der Waals surface area contributed by atoms with Crippen LogP contribution in [0.2, 0.25) is 0 Å². The Morgan fingerprint density at radius 1 is 0.920 bits per heavy atom. The molecule has 3 heterocycles. The van der Waals surface area contributed by atoms with Crippen LogP contribution in [-0.2, 0) is 6.18 Å². The first-order valence-electron chi connectivity index (χ1n) is 16.5. The van der Waals surface area contributed by atoms with Crippen LogP contribution in [0.5, 0.6) is 11.5 Å². The van der Waals surface area contributed by atoms with Crippen molar-refractivity contribution in [2.24, 2.45) is 11.0 Å². The largest absolute Gasteiger partial charge is 0.497 e. The van der Waals surface area contributed by atoms with Crippen molar-refractivity contribution in [1.29, 1.82) is 0 Å². The quantitative estimate of drug-likeness (QED) is 0.172. The first-order chi connectivity index (χ1) is 24.0. The third-order valence-electron chi connectivity index (χ3n) is 9.43. The minimum atomic E-state index is -4.75. The first-order valence-corrected chi connectivity index (χ1v) is 16.5. The van der Waals surface area contributed by atoms with Crippen LogP contribution in [0.1, 0.15) is 77.9 Å². The molecule has 8 nitrogen and oxygen atoms in total. The van der Waals surface area contributed by atoms with Crippen molar-refractivity contribution in [2.45, 2.75) is 51.2 Å². The standard InChI is InChI=1S/C39H36F3N5O3/c1-23(2)25-10-12-26(13-11-25)32-21-34(39(40,41)42)46-35(43-32)22-33(44-46)38(48)47-37(27-14-18-30(50-4)19-15-27)31-7-5-6-28(36(31)45-47)20-24-8-16-29(49-3)17-9-24/h8-23,31,37H,5-7H2,1-4H3/b28-20+/t31-,37-/m0/s1. The van der Waals surface area contributed by atoms with Gasteiger partial charge in [0.25, 0.3) is 5.91 Å². The Morgan fingerprint density at radius 3 is 2.20 bits per heavy atom. The summed E-state index contributed by atoms with van der Waals surface area (Å²) in [6, 6.07) is 24.2. The second-order valence-electron chi connectivity index (χ2n) is 12.9. The smallest absolute Gasteiger partial charge is 0.433 e. The Hall–Kier alpha value is -5.45. The van der Waals surface area contributed by atoms with Gasteiger partial charge in [-0.15, -0.1) is 0 Å². The number of ether oxygens (including phenoxy) is 2. The van der Waals surface area contributed by atoms with Crippen molar-refractivity contribution in [1.82, 2.24) is 19.6 Å². The maximum Gasteiger partial charge on any atom is 0.433 e. The summed E-state index contributed by atoms with van der Waals surface area (Å²) >= 11 is 0. The summed E-state index contributed by atoms with van der Waals surface area (Å²) in [5.41, 5.74) is 4.02. The Bertz CT molecular complexity index is 2100. The molecular weight excluding hydrogens is 643 g/mol. The van der Waals surface area contributed by atoms with Gasteiger partial charge in [0.1, 0.15) is 11.5 Å². The number of carbonyl (C=O) groups excluding carboxylic acids is 1. The van der Waals surface area contributed by atoms with E-state index in [1.807, 2.05) is 74.5 Å². The van der Waals surface area contributed by atoms with E-state index < -0.39 is 23.8 Å². The van der Waals surface area contributed by atoms with Crippen LogP contribution in [0.4, 0.5) is 13.2 Å². The fourth-order valence-electron chi connectivity index (χ4n) is 6.79. The third kappa shape index (κ3) is 6.23. The number of halogens is 3. The molecule has 256 valence electrons. The van der Waals surface area contributed by atoms with Crippen LogP contribution in [0.25, 0.3) is 23.0 Å². The van der Waals surface area contributed by atoms with E-state index in [1.165, 1.54) is 11.1 Å². The fraction of sp³-hybridized carbons (Fsp3) is 0.282. The van der Waals surface area contributed by atoms with Crippen molar-refractivity contribution < 1.29 is 27.4 Å². The predicted octanol–water partition coefficient (Wildman–Crippen LogP) is 8.99. The molecule has 11 heteroatoms. The van der Waals surface area contributed by atoms with Crippen molar-refractivity contribution in [3.8, 4) is 22.8 Å². The Kier molecular flexibility index (Phi) is 8.67. The van der Waals surface area contributed by atoms with E-state index in [2.05, 4.69) is 16.2 Å². The molecule has 0 radical (unpaired) electrons. The zero-order valence-electron chi connectivity index (χ0n) is 28.1. The Labute approximate surface area is 287 Å². The van der Waals surface area contributed by atoms with Gasteiger partial charge in [0, 0.05) is 17.5 Å². The molecule has 7 rings (SSSR count). The van der Waals surface area contributed by atoms with E-state index in [1.54, 1.807) is 26.4 Å². The van der Waals surface area contributed by atoms with Crippen LogP contribution in [0, 0.1) is 5.92 Å². The zero-order valence-corrected chi connectivity index (χ0v) is 28.1. The van der Waals surface area contributed by atoms with E-state index >= 15 is 0 Å². The van der Waals surface area contributed by atoms with Gasteiger partial charge < -0.3 is 9.47 Å². The molecule has 1 aliphatic heterocycles. The number of aromatic nitrogens is 3. The maximum absolute atomic E-state index is 14.5. The Balaban J connectivity index is 1.31. The number of rotatable bonds is 7. The normalized spacial score (nSPS) is 18.4. The summed E-state index contributed by atoms with van der Waals surface area (Å²) in [7, 11) is 3.20. The highest BCUT2D eigenvalue weighted by Crippen LogP contribution is 2.45. The van der Waals surface area contributed by atoms with Gasteiger partial charge in [-0.3, -0.25) is 4.79 Å². The molecule has 0 unspecified atom stereocenters. The van der Waals surface area contributed by atoms with Crippen molar-refractivity contribution in [3.05, 3.63) is 119 Å².